The zero-order valence-corrected chi connectivity index (χ0v) is 19.4. The van der Waals surface area contributed by atoms with E-state index in [4.69, 9.17) is 10.8 Å². The van der Waals surface area contributed by atoms with Crippen LogP contribution in [0.25, 0.3) is 33.2 Å². The number of nitrogens with two attached hydrogens (primary N) is 1. The number of fused-ring (bicyclic) bond motifs is 2. The van der Waals surface area contributed by atoms with Crippen LogP contribution in [0.2, 0.25) is 0 Å². The predicted octanol–water partition coefficient (Wildman–Crippen LogP) is 3.82. The lowest BCUT2D eigenvalue weighted by molar-refractivity contribution is 0.548. The lowest BCUT2D eigenvalue weighted by Gasteiger charge is -2.10. The zero-order chi connectivity index (χ0) is 24.2. The monoisotopic (exact) mass is 480 g/mol. The average Bonchev–Trinajstić information content (AvgIpc) is 3.39. The first-order chi connectivity index (χ1) is 16.1. The summed E-state index contributed by atoms with van der Waals surface area (Å²) in [5.41, 5.74) is 9.16. The molecule has 0 radical (unpaired) electrons. The molecule has 0 saturated carbocycles. The van der Waals surface area contributed by atoms with Crippen molar-refractivity contribution < 1.29 is 12.8 Å². The third-order valence-corrected chi connectivity index (χ3v) is 6.53. The van der Waals surface area contributed by atoms with E-state index >= 15 is 0 Å². The molecule has 34 heavy (non-hydrogen) atoms. The molecular formula is C22H21FN8O2S. The molecule has 0 bridgehead atoms. The molecule has 174 valence electrons. The van der Waals surface area contributed by atoms with Crippen LogP contribution in [-0.2, 0) is 9.84 Å². The summed E-state index contributed by atoms with van der Waals surface area (Å²) >= 11 is 0. The maximum atomic E-state index is 14.6. The van der Waals surface area contributed by atoms with Gasteiger partial charge >= 0.3 is 0 Å². The highest BCUT2D eigenvalue weighted by Crippen LogP contribution is 2.36. The Kier molecular flexibility index (Phi) is 4.97. The molecule has 10 nitrogen and oxygen atoms in total. The fourth-order valence-electron chi connectivity index (χ4n) is 3.79. The van der Waals surface area contributed by atoms with Gasteiger partial charge in [-0.05, 0) is 38.1 Å². The molecule has 0 unspecified atom stereocenters. The van der Waals surface area contributed by atoms with Crippen molar-refractivity contribution in [1.82, 2.24) is 29.9 Å². The number of halogens is 1. The summed E-state index contributed by atoms with van der Waals surface area (Å²) in [6.45, 7) is 3.92. The van der Waals surface area contributed by atoms with Crippen molar-refractivity contribution in [2.45, 2.75) is 24.8 Å². The summed E-state index contributed by atoms with van der Waals surface area (Å²) in [5.74, 6) is -0.524. The summed E-state index contributed by atoms with van der Waals surface area (Å²) in [5, 5.41) is 16.1. The molecule has 0 aliphatic rings. The number of nitrogens with zero attached hydrogens (tertiary/aromatic N) is 5. The van der Waals surface area contributed by atoms with E-state index in [9.17, 15) is 12.8 Å². The first kappa shape index (κ1) is 21.8. The highest BCUT2D eigenvalue weighted by molar-refractivity contribution is 7.90. The van der Waals surface area contributed by atoms with Crippen molar-refractivity contribution in [3.8, 4) is 11.3 Å². The molecule has 5 rings (SSSR count). The Balaban J connectivity index is 1.65. The molecule has 3 aromatic heterocycles. The van der Waals surface area contributed by atoms with Crippen molar-refractivity contribution in [2.75, 3.05) is 17.3 Å². The van der Waals surface area contributed by atoms with E-state index in [0.29, 0.717) is 16.7 Å². The van der Waals surface area contributed by atoms with Gasteiger partial charge in [-0.1, -0.05) is 12.1 Å². The van der Waals surface area contributed by atoms with E-state index in [1.807, 2.05) is 32.0 Å². The normalized spacial score (nSPS) is 12.1. The van der Waals surface area contributed by atoms with Gasteiger partial charge in [0, 0.05) is 23.2 Å². The standard InChI is InChI=1S/C22H21FN8O2S/c1-11(2)31-21-18(19(30-31)13-5-4-6-16-14(13)10-25-29-16)20(24)27-22(28-21)26-17-8-7-12(9-15(17)23)34(3,32)33/h4-11H,1-3H3,(H,25,29)(H3,24,26,27,28). The first-order valence-corrected chi connectivity index (χ1v) is 12.3. The summed E-state index contributed by atoms with van der Waals surface area (Å²) in [6.07, 6.45) is 2.74. The average molecular weight is 481 g/mol. The fraction of sp³-hybridized carbons (Fsp3) is 0.182. The van der Waals surface area contributed by atoms with Gasteiger partial charge in [-0.15, -0.1) is 0 Å². The van der Waals surface area contributed by atoms with Gasteiger partial charge in [0.05, 0.1) is 27.7 Å². The molecule has 0 aliphatic heterocycles. The summed E-state index contributed by atoms with van der Waals surface area (Å²) in [6, 6.07) is 9.26. The summed E-state index contributed by atoms with van der Waals surface area (Å²) in [7, 11) is -3.54. The number of rotatable bonds is 5. The van der Waals surface area contributed by atoms with Crippen LogP contribution < -0.4 is 11.1 Å². The molecule has 3 heterocycles. The third kappa shape index (κ3) is 3.61. The van der Waals surface area contributed by atoms with Gasteiger partial charge in [-0.25, -0.2) is 17.5 Å². The molecule has 0 aliphatic carbocycles. The van der Waals surface area contributed by atoms with Crippen LogP contribution in [-0.4, -0.2) is 44.6 Å². The molecule has 5 aromatic rings. The van der Waals surface area contributed by atoms with Gasteiger partial charge in [0.25, 0.3) is 0 Å². The third-order valence-electron chi connectivity index (χ3n) is 5.42. The Labute approximate surface area is 193 Å². The summed E-state index contributed by atoms with van der Waals surface area (Å²) in [4.78, 5) is 8.78. The SMILES string of the molecule is CC(C)n1nc(-c2cccc3[nH]ncc23)c2c(N)nc(Nc3ccc(S(C)(=O)=O)cc3F)nc21. The smallest absolute Gasteiger partial charge is 0.231 e. The van der Waals surface area contributed by atoms with E-state index in [-0.39, 0.29) is 28.4 Å². The molecule has 4 N–H and O–H groups in total. The van der Waals surface area contributed by atoms with Crippen molar-refractivity contribution in [3.05, 3.63) is 48.4 Å². The van der Waals surface area contributed by atoms with E-state index in [1.165, 1.54) is 12.1 Å². The van der Waals surface area contributed by atoms with Gasteiger partial charge in [-0.2, -0.15) is 20.2 Å². The maximum Gasteiger partial charge on any atom is 0.231 e. The van der Waals surface area contributed by atoms with Crippen LogP contribution in [0, 0.1) is 5.82 Å². The van der Waals surface area contributed by atoms with Gasteiger partial charge in [-0.3, -0.25) is 5.10 Å². The number of hydrogen-bond donors (Lipinski definition) is 3. The highest BCUT2D eigenvalue weighted by Gasteiger charge is 2.22. The van der Waals surface area contributed by atoms with Gasteiger partial charge < -0.3 is 11.1 Å². The van der Waals surface area contributed by atoms with Gasteiger partial charge in [0.2, 0.25) is 5.95 Å². The van der Waals surface area contributed by atoms with Crippen LogP contribution >= 0.6 is 0 Å². The predicted molar refractivity (Wildman–Crippen MR) is 128 cm³/mol. The van der Waals surface area contributed by atoms with Crippen molar-refractivity contribution in [3.63, 3.8) is 0 Å². The van der Waals surface area contributed by atoms with Crippen LogP contribution in [0.15, 0.2) is 47.5 Å². The van der Waals surface area contributed by atoms with Crippen molar-refractivity contribution >= 4 is 49.2 Å². The van der Waals surface area contributed by atoms with Gasteiger partial charge in [0.1, 0.15) is 17.3 Å². The minimum Gasteiger partial charge on any atom is -0.383 e. The Morgan fingerprint density at radius 1 is 1.18 bits per heavy atom. The second-order valence-corrected chi connectivity index (χ2v) is 10.2. The van der Waals surface area contributed by atoms with E-state index in [2.05, 4.69) is 25.5 Å². The lowest BCUT2D eigenvalue weighted by atomic mass is 10.1. The summed E-state index contributed by atoms with van der Waals surface area (Å²) < 4.78 is 39.7. The zero-order valence-electron chi connectivity index (χ0n) is 18.5. The topological polar surface area (TPSA) is 144 Å². The molecule has 2 aromatic carbocycles. The Morgan fingerprint density at radius 3 is 2.68 bits per heavy atom. The van der Waals surface area contributed by atoms with Crippen LogP contribution in [0.3, 0.4) is 0 Å². The Bertz CT molecular complexity index is 1670. The second kappa shape index (κ2) is 7.76. The highest BCUT2D eigenvalue weighted by atomic mass is 32.2. The second-order valence-electron chi connectivity index (χ2n) is 8.19. The molecule has 0 amide bonds. The Hall–Kier alpha value is -4.06. The number of H-pyrrole nitrogens is 1. The minimum absolute atomic E-state index is 0.0187. The number of anilines is 3. The number of nitrogens with one attached hydrogen (secondary N) is 2. The number of aromatic nitrogens is 6. The fourth-order valence-corrected chi connectivity index (χ4v) is 4.42. The minimum atomic E-state index is -3.54. The number of benzene rings is 2. The molecule has 12 heteroatoms. The molecule has 0 atom stereocenters. The number of hydrogen-bond acceptors (Lipinski definition) is 8. The lowest BCUT2D eigenvalue weighted by Crippen LogP contribution is -2.07. The van der Waals surface area contributed by atoms with Crippen LogP contribution in [0.1, 0.15) is 19.9 Å². The molecule has 0 fully saturated rings. The number of aromatic amines is 1. The Morgan fingerprint density at radius 2 is 1.97 bits per heavy atom. The number of sulfone groups is 1. The van der Waals surface area contributed by atoms with Crippen molar-refractivity contribution in [2.24, 2.45) is 0 Å². The number of nitrogen functional groups attached to an aromatic ring is 1. The molecular weight excluding hydrogens is 459 g/mol. The first-order valence-electron chi connectivity index (χ1n) is 10.4. The van der Waals surface area contributed by atoms with Crippen LogP contribution in [0.4, 0.5) is 21.8 Å². The maximum absolute atomic E-state index is 14.6. The quantitative estimate of drug-likeness (QED) is 0.344. The van der Waals surface area contributed by atoms with Crippen LogP contribution in [0.5, 0.6) is 0 Å². The van der Waals surface area contributed by atoms with E-state index < -0.39 is 15.7 Å². The van der Waals surface area contributed by atoms with Crippen molar-refractivity contribution in [1.29, 1.82) is 0 Å². The van der Waals surface area contributed by atoms with E-state index in [0.717, 1.165) is 28.8 Å². The largest absolute Gasteiger partial charge is 0.383 e. The van der Waals surface area contributed by atoms with E-state index in [1.54, 1.807) is 10.9 Å². The molecule has 0 spiro atoms. The van der Waals surface area contributed by atoms with Gasteiger partial charge in [0.15, 0.2) is 15.5 Å². The molecule has 0 saturated heterocycles.